The number of nitrogens with zero attached hydrogens (tertiary/aromatic N) is 3. The maximum absolute atomic E-state index is 12.6. The number of hydrogen-bond acceptors (Lipinski definition) is 4. The van der Waals surface area contributed by atoms with Gasteiger partial charge in [0.05, 0.1) is 16.6 Å². The first-order valence-electron chi connectivity index (χ1n) is 8.27. The van der Waals surface area contributed by atoms with E-state index < -0.39 is 0 Å². The third-order valence-corrected chi connectivity index (χ3v) is 5.02. The van der Waals surface area contributed by atoms with Gasteiger partial charge in [-0.3, -0.25) is 9.48 Å². The summed E-state index contributed by atoms with van der Waals surface area (Å²) in [6.07, 6.45) is 0. The number of amides is 1. The first-order chi connectivity index (χ1) is 12.1. The predicted octanol–water partition coefficient (Wildman–Crippen LogP) is 3.25. The molecule has 1 amide bonds. The molecule has 0 saturated heterocycles. The van der Waals surface area contributed by atoms with Crippen molar-refractivity contribution in [1.29, 1.82) is 0 Å². The minimum absolute atomic E-state index is 0.0630. The van der Waals surface area contributed by atoms with Crippen LogP contribution in [0.2, 0.25) is 0 Å². The van der Waals surface area contributed by atoms with Gasteiger partial charge in [0.15, 0.2) is 5.65 Å². The van der Waals surface area contributed by atoms with Crippen LogP contribution in [0.5, 0.6) is 0 Å². The Morgan fingerprint density at radius 2 is 2.00 bits per heavy atom. The number of hydrogen-bond donors (Lipinski definition) is 1. The van der Waals surface area contributed by atoms with Crippen LogP contribution in [0.25, 0.3) is 11.0 Å². The van der Waals surface area contributed by atoms with Gasteiger partial charge in [-0.25, -0.2) is 4.98 Å². The highest BCUT2D eigenvalue weighted by atomic mass is 32.2. The zero-order valence-corrected chi connectivity index (χ0v) is 15.6. The molecule has 0 aliphatic rings. The molecule has 2 aromatic heterocycles. The van der Waals surface area contributed by atoms with E-state index in [1.165, 1.54) is 5.56 Å². The van der Waals surface area contributed by atoms with Crippen LogP contribution < -0.4 is 5.32 Å². The molecular weight excluding hydrogens is 332 g/mol. The van der Waals surface area contributed by atoms with Gasteiger partial charge < -0.3 is 5.32 Å². The fourth-order valence-corrected chi connectivity index (χ4v) is 3.66. The smallest absolute Gasteiger partial charge is 0.252 e. The van der Waals surface area contributed by atoms with Gasteiger partial charge in [0.2, 0.25) is 0 Å². The summed E-state index contributed by atoms with van der Waals surface area (Å²) in [5.74, 6) is 1.77. The lowest BCUT2D eigenvalue weighted by molar-refractivity contribution is 0.0957. The number of aromatic nitrogens is 3. The number of aryl methyl sites for hydroxylation is 3. The Morgan fingerprint density at radius 1 is 1.24 bits per heavy atom. The van der Waals surface area contributed by atoms with Gasteiger partial charge in [-0.15, -0.1) is 0 Å². The molecule has 6 heteroatoms. The molecule has 0 aliphatic heterocycles. The van der Waals surface area contributed by atoms with E-state index in [0.29, 0.717) is 12.1 Å². The van der Waals surface area contributed by atoms with E-state index in [9.17, 15) is 4.79 Å². The maximum Gasteiger partial charge on any atom is 0.252 e. The Kier molecular flexibility index (Phi) is 5.38. The summed E-state index contributed by atoms with van der Waals surface area (Å²) in [5.41, 5.74) is 4.35. The number of thioether (sulfide) groups is 1. The van der Waals surface area contributed by atoms with Crippen LogP contribution in [-0.2, 0) is 12.8 Å². The zero-order valence-electron chi connectivity index (χ0n) is 14.7. The number of nitrogens with one attached hydrogen (secondary N) is 1. The molecule has 0 saturated carbocycles. The normalized spacial score (nSPS) is 11.0. The highest BCUT2D eigenvalue weighted by Crippen LogP contribution is 2.21. The van der Waals surface area contributed by atoms with E-state index in [0.717, 1.165) is 33.9 Å². The number of rotatable bonds is 6. The molecule has 130 valence electrons. The molecule has 1 N–H and O–H groups in total. The van der Waals surface area contributed by atoms with E-state index in [4.69, 9.17) is 0 Å². The van der Waals surface area contributed by atoms with Crippen molar-refractivity contribution in [2.75, 3.05) is 12.3 Å². The topological polar surface area (TPSA) is 59.8 Å². The van der Waals surface area contributed by atoms with Crippen molar-refractivity contribution in [3.05, 3.63) is 58.9 Å². The molecule has 25 heavy (non-hydrogen) atoms. The van der Waals surface area contributed by atoms with Gasteiger partial charge in [-0.2, -0.15) is 16.9 Å². The van der Waals surface area contributed by atoms with E-state index in [1.54, 1.807) is 4.68 Å². The van der Waals surface area contributed by atoms with Gasteiger partial charge >= 0.3 is 0 Å². The second-order valence-corrected chi connectivity index (χ2v) is 7.12. The van der Waals surface area contributed by atoms with Crippen molar-refractivity contribution in [2.24, 2.45) is 7.05 Å². The number of pyridine rings is 1. The maximum atomic E-state index is 12.6. The second-order valence-electron chi connectivity index (χ2n) is 6.01. The van der Waals surface area contributed by atoms with Crippen molar-refractivity contribution in [3.8, 4) is 0 Å². The number of carbonyl (C=O) groups is 1. The van der Waals surface area contributed by atoms with Crippen molar-refractivity contribution < 1.29 is 4.79 Å². The van der Waals surface area contributed by atoms with Crippen LogP contribution in [0, 0.1) is 13.8 Å². The zero-order chi connectivity index (χ0) is 17.8. The van der Waals surface area contributed by atoms with Gasteiger partial charge in [0.25, 0.3) is 5.91 Å². The summed E-state index contributed by atoms with van der Waals surface area (Å²) < 4.78 is 1.73. The van der Waals surface area contributed by atoms with Crippen LogP contribution in [0.3, 0.4) is 0 Å². The molecule has 5 nitrogen and oxygen atoms in total. The standard InChI is InChI=1S/C19H22N4OS/c1-13-11-16(17-14(2)22-23(3)18(17)21-13)19(24)20-9-10-25-12-15-7-5-4-6-8-15/h4-8,11H,9-10,12H2,1-3H3,(H,20,24). The fraction of sp³-hybridized carbons (Fsp3) is 0.316. The second kappa shape index (κ2) is 7.70. The highest BCUT2D eigenvalue weighted by Gasteiger charge is 2.17. The lowest BCUT2D eigenvalue weighted by Crippen LogP contribution is -2.26. The Morgan fingerprint density at radius 3 is 2.76 bits per heavy atom. The van der Waals surface area contributed by atoms with E-state index in [-0.39, 0.29) is 5.91 Å². The van der Waals surface area contributed by atoms with Crippen LogP contribution in [0.1, 0.15) is 27.3 Å². The molecule has 0 aliphatic carbocycles. The van der Waals surface area contributed by atoms with E-state index in [2.05, 4.69) is 27.5 Å². The average Bonchev–Trinajstić information content (AvgIpc) is 2.88. The largest absolute Gasteiger partial charge is 0.351 e. The molecule has 0 unspecified atom stereocenters. The number of benzene rings is 1. The molecule has 2 heterocycles. The predicted molar refractivity (Wildman–Crippen MR) is 103 cm³/mol. The first-order valence-corrected chi connectivity index (χ1v) is 9.42. The van der Waals surface area contributed by atoms with Crippen LogP contribution >= 0.6 is 11.8 Å². The fourth-order valence-electron chi connectivity index (χ4n) is 2.85. The van der Waals surface area contributed by atoms with Crippen LogP contribution in [-0.4, -0.2) is 33.0 Å². The summed E-state index contributed by atoms with van der Waals surface area (Å²) in [4.78, 5) is 17.1. The van der Waals surface area contributed by atoms with Crippen molar-refractivity contribution in [3.63, 3.8) is 0 Å². The minimum Gasteiger partial charge on any atom is -0.351 e. The molecule has 3 aromatic rings. The molecule has 0 atom stereocenters. The summed E-state index contributed by atoms with van der Waals surface area (Å²) in [5, 5.41) is 8.24. The molecular formula is C19H22N4OS. The summed E-state index contributed by atoms with van der Waals surface area (Å²) in [6, 6.07) is 12.2. The highest BCUT2D eigenvalue weighted by molar-refractivity contribution is 7.98. The van der Waals surface area contributed by atoms with E-state index in [1.807, 2.05) is 56.9 Å². The van der Waals surface area contributed by atoms with Crippen LogP contribution in [0.4, 0.5) is 0 Å². The first kappa shape index (κ1) is 17.5. The molecule has 1 aromatic carbocycles. The SMILES string of the molecule is Cc1cc(C(=O)NCCSCc2ccccc2)c2c(C)nn(C)c2n1. The van der Waals surface area contributed by atoms with Crippen molar-refractivity contribution >= 4 is 28.7 Å². The Labute approximate surface area is 151 Å². The quantitative estimate of drug-likeness (QED) is 0.690. The number of carbonyl (C=O) groups excluding carboxylic acids is 1. The third kappa shape index (κ3) is 4.02. The summed E-state index contributed by atoms with van der Waals surface area (Å²) in [6.45, 7) is 4.44. The summed E-state index contributed by atoms with van der Waals surface area (Å²) in [7, 11) is 1.85. The number of fused-ring (bicyclic) bond motifs is 1. The lowest BCUT2D eigenvalue weighted by Gasteiger charge is -2.08. The Balaban J connectivity index is 1.61. The van der Waals surface area contributed by atoms with Crippen molar-refractivity contribution in [1.82, 2.24) is 20.1 Å². The van der Waals surface area contributed by atoms with E-state index >= 15 is 0 Å². The average molecular weight is 354 g/mol. The minimum atomic E-state index is -0.0630. The molecule has 0 fully saturated rings. The van der Waals surface area contributed by atoms with Crippen LogP contribution in [0.15, 0.2) is 36.4 Å². The molecule has 0 radical (unpaired) electrons. The molecule has 0 bridgehead atoms. The van der Waals surface area contributed by atoms with Crippen molar-refractivity contribution in [2.45, 2.75) is 19.6 Å². The Bertz CT molecular complexity index is 889. The monoisotopic (exact) mass is 354 g/mol. The third-order valence-electron chi connectivity index (χ3n) is 3.98. The molecule has 3 rings (SSSR count). The Hall–Kier alpha value is -2.34. The lowest BCUT2D eigenvalue weighted by atomic mass is 10.1. The summed E-state index contributed by atoms with van der Waals surface area (Å²) >= 11 is 1.81. The van der Waals surface area contributed by atoms with Gasteiger partial charge in [-0.1, -0.05) is 30.3 Å². The van der Waals surface area contributed by atoms with Gasteiger partial charge in [-0.05, 0) is 25.5 Å². The molecule has 0 spiro atoms. The van der Waals surface area contributed by atoms with Gasteiger partial charge in [0, 0.05) is 30.8 Å². The van der Waals surface area contributed by atoms with Gasteiger partial charge in [0.1, 0.15) is 0 Å².